The molecule has 29 heavy (non-hydrogen) atoms. The number of anilines is 1. The number of hydrogen-bond donors (Lipinski definition) is 0. The molecule has 2 heterocycles. The average Bonchev–Trinajstić information content (AvgIpc) is 3.52. The molecule has 0 N–H and O–H groups in total. The molecule has 2 aromatic rings. The molecule has 5 nitrogen and oxygen atoms in total. The van der Waals surface area contributed by atoms with Crippen molar-refractivity contribution < 1.29 is 27.8 Å². The maximum Gasteiger partial charge on any atom is 0.292 e. The fraction of sp³-hybridized carbons (Fsp3) is 0.364. The van der Waals surface area contributed by atoms with Crippen LogP contribution in [0.15, 0.2) is 36.4 Å². The summed E-state index contributed by atoms with van der Waals surface area (Å²) in [5, 5.41) is 0. The van der Waals surface area contributed by atoms with E-state index in [-0.39, 0.29) is 17.0 Å². The summed E-state index contributed by atoms with van der Waals surface area (Å²) >= 11 is 0. The average molecular weight is 399 g/mol. The molecule has 5 rings (SSSR count). The first-order valence-electron chi connectivity index (χ1n) is 9.74. The van der Waals surface area contributed by atoms with Gasteiger partial charge in [-0.25, -0.2) is 8.78 Å². The standard InChI is InChI=1S/C22H19F2NO4/c23-15-5-6-16(18(24)11-15)20(26)14-4-7-19-17(10-14)22(28-8-1-9-29-22)21(27)25(19)12-13-2-3-13/h4-7,10-11,13H,1-3,8-9,12H2. The van der Waals surface area contributed by atoms with Crippen molar-refractivity contribution in [1.82, 2.24) is 0 Å². The van der Waals surface area contributed by atoms with E-state index in [2.05, 4.69) is 0 Å². The van der Waals surface area contributed by atoms with Gasteiger partial charge in [-0.2, -0.15) is 0 Å². The minimum Gasteiger partial charge on any atom is -0.338 e. The van der Waals surface area contributed by atoms with E-state index in [1.54, 1.807) is 17.0 Å². The van der Waals surface area contributed by atoms with Crippen LogP contribution in [-0.2, 0) is 20.1 Å². The van der Waals surface area contributed by atoms with E-state index in [9.17, 15) is 18.4 Å². The highest BCUT2D eigenvalue weighted by Crippen LogP contribution is 2.47. The molecule has 0 unspecified atom stereocenters. The molecule has 2 aromatic carbocycles. The van der Waals surface area contributed by atoms with Gasteiger partial charge in [-0.15, -0.1) is 0 Å². The number of ether oxygens (including phenoxy) is 2. The lowest BCUT2D eigenvalue weighted by Crippen LogP contribution is -2.47. The summed E-state index contributed by atoms with van der Waals surface area (Å²) in [6, 6.07) is 7.61. The second-order valence-corrected chi connectivity index (χ2v) is 7.71. The van der Waals surface area contributed by atoms with Crippen LogP contribution in [0.4, 0.5) is 14.5 Å². The molecule has 7 heteroatoms. The highest BCUT2D eigenvalue weighted by molar-refractivity contribution is 6.11. The molecule has 0 aromatic heterocycles. The molecule has 1 aliphatic carbocycles. The number of rotatable bonds is 4. The third kappa shape index (κ3) is 2.96. The molecule has 1 amide bonds. The molecular weight excluding hydrogens is 380 g/mol. The monoisotopic (exact) mass is 399 g/mol. The second kappa shape index (κ2) is 6.71. The van der Waals surface area contributed by atoms with E-state index in [0.29, 0.717) is 49.4 Å². The predicted octanol–water partition coefficient (Wildman–Crippen LogP) is 3.54. The lowest BCUT2D eigenvalue weighted by atomic mass is 9.97. The summed E-state index contributed by atoms with van der Waals surface area (Å²) < 4.78 is 39.0. The zero-order valence-corrected chi connectivity index (χ0v) is 15.6. The molecule has 1 saturated heterocycles. The third-order valence-electron chi connectivity index (χ3n) is 5.64. The lowest BCUT2D eigenvalue weighted by Gasteiger charge is -2.32. The Bertz CT molecular complexity index is 1010. The Morgan fingerprint density at radius 2 is 1.86 bits per heavy atom. The van der Waals surface area contributed by atoms with E-state index in [4.69, 9.17) is 9.47 Å². The number of hydrogen-bond acceptors (Lipinski definition) is 4. The van der Waals surface area contributed by atoms with Crippen LogP contribution in [0.25, 0.3) is 0 Å². The van der Waals surface area contributed by atoms with Gasteiger partial charge >= 0.3 is 0 Å². The first-order valence-corrected chi connectivity index (χ1v) is 9.74. The van der Waals surface area contributed by atoms with Crippen molar-refractivity contribution in [1.29, 1.82) is 0 Å². The van der Waals surface area contributed by atoms with E-state index >= 15 is 0 Å². The fourth-order valence-electron chi connectivity index (χ4n) is 3.96. The number of carbonyl (C=O) groups excluding carboxylic acids is 2. The first kappa shape index (κ1) is 18.4. The van der Waals surface area contributed by atoms with Gasteiger partial charge in [0.25, 0.3) is 11.7 Å². The first-order chi connectivity index (χ1) is 14.0. The minimum atomic E-state index is -1.56. The van der Waals surface area contributed by atoms with Gasteiger partial charge in [-0.3, -0.25) is 9.59 Å². The molecular formula is C22H19F2NO4. The van der Waals surface area contributed by atoms with Crippen molar-refractivity contribution in [2.45, 2.75) is 25.0 Å². The Morgan fingerprint density at radius 3 is 2.55 bits per heavy atom. The van der Waals surface area contributed by atoms with Crippen molar-refractivity contribution in [3.05, 3.63) is 64.7 Å². The Labute approximate surface area is 166 Å². The number of nitrogens with zero attached hydrogens (tertiary/aromatic N) is 1. The number of fused-ring (bicyclic) bond motifs is 2. The molecule has 1 saturated carbocycles. The molecule has 3 aliphatic rings. The third-order valence-corrected chi connectivity index (χ3v) is 5.64. The Hall–Kier alpha value is -2.64. The SMILES string of the molecule is O=C(c1ccc2c(c1)C1(OCCCO1)C(=O)N2CC1CC1)c1ccc(F)cc1F. The van der Waals surface area contributed by atoms with Crippen LogP contribution in [0.2, 0.25) is 0 Å². The number of benzene rings is 2. The summed E-state index contributed by atoms with van der Waals surface area (Å²) in [6.07, 6.45) is 2.83. The van der Waals surface area contributed by atoms with Crippen LogP contribution in [-0.4, -0.2) is 31.4 Å². The highest BCUT2D eigenvalue weighted by Gasteiger charge is 2.55. The number of amides is 1. The summed E-state index contributed by atoms with van der Waals surface area (Å²) in [7, 11) is 0. The molecule has 0 atom stereocenters. The van der Waals surface area contributed by atoms with Gasteiger partial charge in [-0.05, 0) is 55.5 Å². The quantitative estimate of drug-likeness (QED) is 0.738. The van der Waals surface area contributed by atoms with Crippen molar-refractivity contribution in [3.63, 3.8) is 0 Å². The topological polar surface area (TPSA) is 55.8 Å². The summed E-state index contributed by atoms with van der Waals surface area (Å²) in [5.41, 5.74) is 1.08. The van der Waals surface area contributed by atoms with Gasteiger partial charge in [0.15, 0.2) is 5.78 Å². The zero-order chi connectivity index (χ0) is 20.2. The summed E-state index contributed by atoms with van der Waals surface area (Å²) in [4.78, 5) is 27.8. The smallest absolute Gasteiger partial charge is 0.292 e. The predicted molar refractivity (Wildman–Crippen MR) is 99.5 cm³/mol. The number of halogens is 2. The van der Waals surface area contributed by atoms with Crippen molar-refractivity contribution in [2.75, 3.05) is 24.7 Å². The van der Waals surface area contributed by atoms with Crippen molar-refractivity contribution in [2.24, 2.45) is 5.92 Å². The van der Waals surface area contributed by atoms with E-state index in [1.807, 2.05) is 0 Å². The van der Waals surface area contributed by atoms with Gasteiger partial charge < -0.3 is 14.4 Å². The van der Waals surface area contributed by atoms with Gasteiger partial charge in [0.1, 0.15) is 11.6 Å². The largest absolute Gasteiger partial charge is 0.338 e. The highest BCUT2D eigenvalue weighted by atomic mass is 19.1. The van der Waals surface area contributed by atoms with Gasteiger partial charge in [0.2, 0.25) is 0 Å². The molecule has 150 valence electrons. The van der Waals surface area contributed by atoms with Crippen LogP contribution in [0.5, 0.6) is 0 Å². The summed E-state index contributed by atoms with van der Waals surface area (Å²) in [5.74, 6) is -3.65. The zero-order valence-electron chi connectivity index (χ0n) is 15.6. The van der Waals surface area contributed by atoms with Gasteiger partial charge in [-0.1, -0.05) is 0 Å². The summed E-state index contributed by atoms with van der Waals surface area (Å²) in [6.45, 7) is 1.32. The molecule has 2 aliphatic heterocycles. The number of ketones is 1. The Balaban J connectivity index is 1.58. The van der Waals surface area contributed by atoms with Crippen molar-refractivity contribution in [3.8, 4) is 0 Å². The van der Waals surface area contributed by atoms with Crippen LogP contribution in [0, 0.1) is 17.6 Å². The minimum absolute atomic E-state index is 0.187. The maximum absolute atomic E-state index is 14.1. The molecule has 1 spiro atoms. The molecule has 0 radical (unpaired) electrons. The number of carbonyl (C=O) groups is 2. The van der Waals surface area contributed by atoms with Crippen molar-refractivity contribution >= 4 is 17.4 Å². The van der Waals surface area contributed by atoms with Gasteiger partial charge in [0, 0.05) is 23.7 Å². The van der Waals surface area contributed by atoms with E-state index in [0.717, 1.165) is 25.0 Å². The molecule has 2 fully saturated rings. The van der Waals surface area contributed by atoms with E-state index in [1.165, 1.54) is 6.07 Å². The molecule has 0 bridgehead atoms. The van der Waals surface area contributed by atoms with Crippen LogP contribution < -0.4 is 4.90 Å². The normalized spacial score (nSPS) is 20.2. The van der Waals surface area contributed by atoms with Crippen LogP contribution in [0.1, 0.15) is 40.7 Å². The fourth-order valence-corrected chi connectivity index (χ4v) is 3.96. The second-order valence-electron chi connectivity index (χ2n) is 7.71. The van der Waals surface area contributed by atoms with Gasteiger partial charge in [0.05, 0.1) is 24.5 Å². The maximum atomic E-state index is 14.1. The Morgan fingerprint density at radius 1 is 1.10 bits per heavy atom. The Kier molecular flexibility index (Phi) is 4.26. The van der Waals surface area contributed by atoms with Crippen LogP contribution in [0.3, 0.4) is 0 Å². The lowest BCUT2D eigenvalue weighted by molar-refractivity contribution is -0.256. The van der Waals surface area contributed by atoms with Crippen LogP contribution >= 0.6 is 0 Å². The van der Waals surface area contributed by atoms with E-state index < -0.39 is 23.2 Å².